The van der Waals surface area contributed by atoms with Crippen molar-refractivity contribution in [2.75, 3.05) is 5.32 Å². The van der Waals surface area contributed by atoms with E-state index in [0.29, 0.717) is 30.2 Å². The zero-order chi connectivity index (χ0) is 23.6. The van der Waals surface area contributed by atoms with Crippen molar-refractivity contribution in [2.45, 2.75) is 46.1 Å². The number of nitrogens with zero attached hydrogens (tertiary/aromatic N) is 7. The van der Waals surface area contributed by atoms with E-state index in [-0.39, 0.29) is 11.3 Å². The molecule has 0 bridgehead atoms. The lowest BCUT2D eigenvalue weighted by Gasteiger charge is -2.18. The molecule has 3 aromatic heterocycles. The van der Waals surface area contributed by atoms with Crippen LogP contribution in [0.2, 0.25) is 0 Å². The summed E-state index contributed by atoms with van der Waals surface area (Å²) in [5.74, 6) is 1.13. The molecular weight excluding hydrogens is 416 g/mol. The van der Waals surface area contributed by atoms with E-state index in [0.717, 1.165) is 22.4 Å². The molecule has 0 spiro atoms. The molecule has 0 amide bonds. The molecule has 0 aliphatic heterocycles. The van der Waals surface area contributed by atoms with Crippen molar-refractivity contribution in [3.8, 4) is 11.4 Å². The molecule has 0 unspecified atom stereocenters. The van der Waals surface area contributed by atoms with Crippen LogP contribution in [0.15, 0.2) is 49.3 Å². The quantitative estimate of drug-likeness (QED) is 0.428. The highest BCUT2D eigenvalue weighted by Gasteiger charge is 2.17. The highest BCUT2D eigenvalue weighted by molar-refractivity contribution is 5.95. The van der Waals surface area contributed by atoms with E-state index in [9.17, 15) is 4.79 Å². The zero-order valence-corrected chi connectivity index (χ0v) is 19.6. The van der Waals surface area contributed by atoms with Gasteiger partial charge in [0.05, 0.1) is 29.2 Å². The van der Waals surface area contributed by atoms with Crippen LogP contribution in [0.25, 0.3) is 11.4 Å². The van der Waals surface area contributed by atoms with Gasteiger partial charge >= 0.3 is 0 Å². The Morgan fingerprint density at radius 3 is 2.58 bits per heavy atom. The standard InChI is InChI=1S/C24H28N8O/c1-16-10-18(22-25-15-26-23(30-22)29-20-12-27-31(5)14-20)7-6-17(16)8-9-21(33)19-11-28-32(13-19)24(2,3)4/h6-7,10-15H,8-9H2,1-5H3,(H,25,26,29,30). The molecule has 1 N–H and O–H groups in total. The third kappa shape index (κ3) is 5.31. The second kappa shape index (κ2) is 8.93. The van der Waals surface area contributed by atoms with E-state index in [4.69, 9.17) is 0 Å². The van der Waals surface area contributed by atoms with Crippen molar-refractivity contribution < 1.29 is 4.79 Å². The van der Waals surface area contributed by atoms with E-state index < -0.39 is 0 Å². The number of aromatic nitrogens is 7. The fourth-order valence-electron chi connectivity index (χ4n) is 3.45. The van der Waals surface area contributed by atoms with Crippen LogP contribution in [0, 0.1) is 6.92 Å². The molecule has 9 heteroatoms. The monoisotopic (exact) mass is 444 g/mol. The minimum Gasteiger partial charge on any atom is -0.321 e. The van der Waals surface area contributed by atoms with Gasteiger partial charge in [-0.25, -0.2) is 9.97 Å². The Morgan fingerprint density at radius 1 is 1.09 bits per heavy atom. The third-order valence-electron chi connectivity index (χ3n) is 5.35. The van der Waals surface area contributed by atoms with Crippen LogP contribution in [0.3, 0.4) is 0 Å². The van der Waals surface area contributed by atoms with E-state index in [2.05, 4.69) is 51.2 Å². The Balaban J connectivity index is 1.43. The van der Waals surface area contributed by atoms with Gasteiger partial charge in [-0.1, -0.05) is 12.1 Å². The van der Waals surface area contributed by atoms with Crippen molar-refractivity contribution in [3.63, 3.8) is 0 Å². The van der Waals surface area contributed by atoms with Crippen LogP contribution < -0.4 is 5.32 Å². The number of rotatable bonds is 7. The Bertz CT molecular complexity index is 1280. The lowest BCUT2D eigenvalue weighted by molar-refractivity contribution is 0.0982. The minimum absolute atomic E-state index is 0.0950. The van der Waals surface area contributed by atoms with Crippen molar-refractivity contribution >= 4 is 17.4 Å². The first-order chi connectivity index (χ1) is 15.7. The van der Waals surface area contributed by atoms with E-state index >= 15 is 0 Å². The Labute approximate surface area is 192 Å². The molecule has 0 saturated heterocycles. The summed E-state index contributed by atoms with van der Waals surface area (Å²) in [5, 5.41) is 11.6. The van der Waals surface area contributed by atoms with E-state index in [1.165, 1.54) is 6.33 Å². The zero-order valence-electron chi connectivity index (χ0n) is 19.6. The van der Waals surface area contributed by atoms with Crippen LogP contribution in [0.1, 0.15) is 48.7 Å². The average Bonchev–Trinajstić information content (AvgIpc) is 3.42. The maximum atomic E-state index is 12.7. The molecule has 33 heavy (non-hydrogen) atoms. The number of hydrogen-bond donors (Lipinski definition) is 1. The first-order valence-electron chi connectivity index (χ1n) is 10.8. The number of ketones is 1. The second-order valence-electron chi connectivity index (χ2n) is 9.07. The molecule has 1 aromatic carbocycles. The van der Waals surface area contributed by atoms with Gasteiger partial charge in [0.1, 0.15) is 6.33 Å². The number of aryl methyl sites for hydroxylation is 3. The van der Waals surface area contributed by atoms with Crippen molar-refractivity contribution in [2.24, 2.45) is 7.05 Å². The summed E-state index contributed by atoms with van der Waals surface area (Å²) in [6, 6.07) is 6.06. The number of nitrogens with one attached hydrogen (secondary N) is 1. The SMILES string of the molecule is Cc1cc(-c2ncnc(Nc3cnn(C)c3)n2)ccc1CCC(=O)c1cnn(C(C)(C)C)c1. The smallest absolute Gasteiger partial charge is 0.230 e. The molecule has 4 rings (SSSR count). The van der Waals surface area contributed by atoms with Gasteiger partial charge in [0.2, 0.25) is 5.95 Å². The number of anilines is 2. The molecule has 0 radical (unpaired) electrons. The van der Waals surface area contributed by atoms with Crippen molar-refractivity contribution in [1.82, 2.24) is 34.5 Å². The highest BCUT2D eigenvalue weighted by atomic mass is 16.1. The summed E-state index contributed by atoms with van der Waals surface area (Å²) >= 11 is 0. The third-order valence-corrected chi connectivity index (χ3v) is 5.35. The highest BCUT2D eigenvalue weighted by Crippen LogP contribution is 2.22. The molecular formula is C24H28N8O. The van der Waals surface area contributed by atoms with Gasteiger partial charge in [-0.05, 0) is 51.3 Å². The predicted molar refractivity (Wildman–Crippen MR) is 126 cm³/mol. The van der Waals surface area contributed by atoms with Crippen LogP contribution in [0.5, 0.6) is 0 Å². The van der Waals surface area contributed by atoms with E-state index in [1.807, 2.05) is 49.2 Å². The van der Waals surface area contributed by atoms with Crippen LogP contribution >= 0.6 is 0 Å². The molecule has 0 aliphatic rings. The summed E-state index contributed by atoms with van der Waals surface area (Å²) in [7, 11) is 1.85. The van der Waals surface area contributed by atoms with Crippen molar-refractivity contribution in [1.29, 1.82) is 0 Å². The number of hydrogen-bond acceptors (Lipinski definition) is 7. The van der Waals surface area contributed by atoms with Gasteiger partial charge in [-0.2, -0.15) is 15.2 Å². The topological polar surface area (TPSA) is 103 Å². The fraction of sp³-hybridized carbons (Fsp3) is 0.333. The maximum Gasteiger partial charge on any atom is 0.230 e. The van der Waals surface area contributed by atoms with Crippen LogP contribution in [-0.4, -0.2) is 40.3 Å². The fourth-order valence-corrected chi connectivity index (χ4v) is 3.45. The molecule has 9 nitrogen and oxygen atoms in total. The second-order valence-corrected chi connectivity index (χ2v) is 9.07. The van der Waals surface area contributed by atoms with Crippen LogP contribution in [-0.2, 0) is 19.0 Å². The first kappa shape index (κ1) is 22.3. The molecule has 3 heterocycles. The Hall–Kier alpha value is -3.88. The maximum absolute atomic E-state index is 12.7. The van der Waals surface area contributed by atoms with Gasteiger partial charge in [-0.15, -0.1) is 0 Å². The first-order valence-corrected chi connectivity index (χ1v) is 10.8. The summed E-state index contributed by atoms with van der Waals surface area (Å²) in [6.07, 6.45) is 9.62. The number of carbonyl (C=O) groups is 1. The summed E-state index contributed by atoms with van der Waals surface area (Å²) in [5.41, 5.74) is 4.42. The van der Waals surface area contributed by atoms with Gasteiger partial charge in [0.15, 0.2) is 11.6 Å². The molecule has 170 valence electrons. The van der Waals surface area contributed by atoms with Gasteiger partial charge in [0, 0.05) is 31.4 Å². The molecule has 0 aliphatic carbocycles. The number of benzene rings is 1. The summed E-state index contributed by atoms with van der Waals surface area (Å²) < 4.78 is 3.53. The predicted octanol–water partition coefficient (Wildman–Crippen LogP) is 4.09. The largest absolute Gasteiger partial charge is 0.321 e. The normalized spacial score (nSPS) is 11.5. The molecule has 4 aromatic rings. The van der Waals surface area contributed by atoms with Gasteiger partial charge in [-0.3, -0.25) is 14.2 Å². The lowest BCUT2D eigenvalue weighted by Crippen LogP contribution is -2.22. The molecule has 0 saturated carbocycles. The average molecular weight is 445 g/mol. The lowest BCUT2D eigenvalue weighted by atomic mass is 9.98. The van der Waals surface area contributed by atoms with Crippen LogP contribution in [0.4, 0.5) is 11.6 Å². The van der Waals surface area contributed by atoms with Gasteiger partial charge in [0.25, 0.3) is 0 Å². The number of Topliss-reactive ketones (excluding diaryl/α,β-unsaturated/α-hetero) is 1. The Kier molecular flexibility index (Phi) is 6.04. The van der Waals surface area contributed by atoms with Gasteiger partial charge < -0.3 is 5.32 Å². The Morgan fingerprint density at radius 2 is 1.91 bits per heavy atom. The molecule has 0 fully saturated rings. The number of carbonyl (C=O) groups excluding carboxylic acids is 1. The van der Waals surface area contributed by atoms with Crippen molar-refractivity contribution in [3.05, 3.63) is 66.0 Å². The summed E-state index contributed by atoms with van der Waals surface area (Å²) in [6.45, 7) is 8.22. The van der Waals surface area contributed by atoms with E-state index in [1.54, 1.807) is 17.1 Å². The minimum atomic E-state index is -0.145. The summed E-state index contributed by atoms with van der Waals surface area (Å²) in [4.78, 5) is 25.7. The molecule has 0 atom stereocenters.